The van der Waals surface area contributed by atoms with Crippen molar-refractivity contribution in [2.45, 2.75) is 32.8 Å². The van der Waals surface area contributed by atoms with Crippen LogP contribution in [0.15, 0.2) is 18.2 Å². The number of halogens is 1. The molecular weight excluding hydrogens is 304 g/mol. The minimum Gasteiger partial charge on any atom is -0.479 e. The van der Waals surface area contributed by atoms with E-state index in [1.807, 2.05) is 13.0 Å². The van der Waals surface area contributed by atoms with Gasteiger partial charge in [-0.15, -0.1) is 0 Å². The van der Waals surface area contributed by atoms with Crippen molar-refractivity contribution in [1.82, 2.24) is 4.90 Å². The zero-order valence-electron chi connectivity index (χ0n) is 12.8. The van der Waals surface area contributed by atoms with Crippen LogP contribution in [0, 0.1) is 12.8 Å². The van der Waals surface area contributed by atoms with Crippen LogP contribution in [0.25, 0.3) is 0 Å². The molecule has 1 aliphatic rings. The molecule has 2 atom stereocenters. The van der Waals surface area contributed by atoms with Gasteiger partial charge in [0, 0.05) is 13.1 Å². The number of benzene rings is 1. The van der Waals surface area contributed by atoms with Gasteiger partial charge in [0.05, 0.1) is 10.9 Å². The maximum atomic E-state index is 12.5. The van der Waals surface area contributed by atoms with Gasteiger partial charge in [-0.3, -0.25) is 9.59 Å². The van der Waals surface area contributed by atoms with Gasteiger partial charge in [-0.05, 0) is 44.4 Å². The molecule has 1 fully saturated rings. The molecule has 0 unspecified atom stereocenters. The molecular formula is C16H21ClN2O3. The molecule has 2 amide bonds. The van der Waals surface area contributed by atoms with Gasteiger partial charge in [0.25, 0.3) is 5.91 Å². The standard InChI is InChI=1S/C16H21ClN2O3/c1-10-5-6-13(17)14(8-10)22-11(2)16(21)19-7-3-4-12(9-19)15(18)20/h5-6,8,11-12H,3-4,7,9H2,1-2H3,(H2,18,20)/t11-,12-/m0/s1. The number of carbonyl (C=O) groups excluding carboxylic acids is 2. The van der Waals surface area contributed by atoms with E-state index in [9.17, 15) is 9.59 Å². The second-order valence-corrected chi connectivity index (χ2v) is 6.13. The predicted octanol–water partition coefficient (Wildman–Crippen LogP) is 2.14. The van der Waals surface area contributed by atoms with Crippen LogP contribution in [0.5, 0.6) is 5.75 Å². The fraction of sp³-hybridized carbons (Fsp3) is 0.500. The van der Waals surface area contributed by atoms with Gasteiger partial charge < -0.3 is 15.4 Å². The van der Waals surface area contributed by atoms with Crippen LogP contribution in [0.1, 0.15) is 25.3 Å². The minimum absolute atomic E-state index is 0.150. The Morgan fingerprint density at radius 1 is 1.45 bits per heavy atom. The molecule has 1 aromatic carbocycles. The van der Waals surface area contributed by atoms with Crippen LogP contribution in [0.4, 0.5) is 0 Å². The van der Waals surface area contributed by atoms with Crippen LogP contribution in [-0.2, 0) is 9.59 Å². The Balaban J connectivity index is 2.02. The highest BCUT2D eigenvalue weighted by molar-refractivity contribution is 6.32. The molecule has 0 aliphatic carbocycles. The number of rotatable bonds is 4. The summed E-state index contributed by atoms with van der Waals surface area (Å²) >= 11 is 6.08. The lowest BCUT2D eigenvalue weighted by Crippen LogP contribution is -2.48. The third-order valence-electron chi connectivity index (χ3n) is 3.87. The van der Waals surface area contributed by atoms with Crippen molar-refractivity contribution in [3.63, 3.8) is 0 Å². The summed E-state index contributed by atoms with van der Waals surface area (Å²) in [7, 11) is 0. The van der Waals surface area contributed by atoms with Crippen LogP contribution < -0.4 is 10.5 Å². The largest absolute Gasteiger partial charge is 0.479 e. The van der Waals surface area contributed by atoms with Gasteiger partial charge in [0.2, 0.25) is 5.91 Å². The SMILES string of the molecule is Cc1ccc(Cl)c(O[C@@H](C)C(=O)N2CCC[C@H](C(N)=O)C2)c1. The molecule has 2 N–H and O–H groups in total. The van der Waals surface area contributed by atoms with E-state index < -0.39 is 6.10 Å². The molecule has 0 aromatic heterocycles. The summed E-state index contributed by atoms with van der Waals surface area (Å²) in [6.07, 6.45) is 0.848. The molecule has 1 saturated heterocycles. The Bertz CT molecular complexity index is 577. The van der Waals surface area contributed by atoms with E-state index in [0.29, 0.717) is 23.9 Å². The molecule has 0 radical (unpaired) electrons. The summed E-state index contributed by atoms with van der Waals surface area (Å²) in [4.78, 5) is 25.4. The van der Waals surface area contributed by atoms with Gasteiger partial charge in [-0.2, -0.15) is 0 Å². The first-order valence-electron chi connectivity index (χ1n) is 7.39. The highest BCUT2D eigenvalue weighted by atomic mass is 35.5. The van der Waals surface area contributed by atoms with Crippen LogP contribution in [-0.4, -0.2) is 35.9 Å². The van der Waals surface area contributed by atoms with E-state index in [0.717, 1.165) is 18.4 Å². The Kier molecular flexibility index (Phi) is 5.29. The Labute approximate surface area is 135 Å². The second kappa shape index (κ2) is 7.01. The number of piperidine rings is 1. The average Bonchev–Trinajstić information content (AvgIpc) is 2.50. The van der Waals surface area contributed by atoms with Crippen molar-refractivity contribution < 1.29 is 14.3 Å². The predicted molar refractivity (Wildman–Crippen MR) is 84.8 cm³/mol. The molecule has 0 spiro atoms. The van der Waals surface area contributed by atoms with Crippen molar-refractivity contribution in [3.8, 4) is 5.75 Å². The number of nitrogens with zero attached hydrogens (tertiary/aromatic N) is 1. The molecule has 6 heteroatoms. The van der Waals surface area contributed by atoms with E-state index in [1.165, 1.54) is 0 Å². The molecule has 22 heavy (non-hydrogen) atoms. The highest BCUT2D eigenvalue weighted by Gasteiger charge is 2.30. The summed E-state index contributed by atoms with van der Waals surface area (Å²) in [5.41, 5.74) is 6.35. The highest BCUT2D eigenvalue weighted by Crippen LogP contribution is 2.27. The van der Waals surface area contributed by atoms with Crippen molar-refractivity contribution in [2.24, 2.45) is 11.7 Å². The van der Waals surface area contributed by atoms with Gasteiger partial charge in [0.15, 0.2) is 6.10 Å². The number of amides is 2. The number of carbonyl (C=O) groups is 2. The lowest BCUT2D eigenvalue weighted by atomic mass is 9.97. The summed E-state index contributed by atoms with van der Waals surface area (Å²) in [5, 5.41) is 0.471. The zero-order valence-corrected chi connectivity index (χ0v) is 13.6. The summed E-state index contributed by atoms with van der Waals surface area (Å²) < 4.78 is 5.70. The smallest absolute Gasteiger partial charge is 0.263 e. The Hall–Kier alpha value is -1.75. The fourth-order valence-electron chi connectivity index (χ4n) is 2.61. The topological polar surface area (TPSA) is 72.6 Å². The van der Waals surface area contributed by atoms with Gasteiger partial charge in [-0.25, -0.2) is 0 Å². The second-order valence-electron chi connectivity index (χ2n) is 5.72. The Morgan fingerprint density at radius 3 is 2.86 bits per heavy atom. The number of likely N-dealkylation sites (tertiary alicyclic amines) is 1. The molecule has 0 bridgehead atoms. The monoisotopic (exact) mass is 324 g/mol. The third kappa shape index (κ3) is 3.91. The Morgan fingerprint density at radius 2 is 2.18 bits per heavy atom. The van der Waals surface area contributed by atoms with Crippen LogP contribution in [0.3, 0.4) is 0 Å². The minimum atomic E-state index is -0.661. The summed E-state index contributed by atoms with van der Waals surface area (Å²) in [6, 6.07) is 5.42. The van der Waals surface area contributed by atoms with E-state index in [1.54, 1.807) is 24.0 Å². The molecule has 5 nitrogen and oxygen atoms in total. The van der Waals surface area contributed by atoms with E-state index >= 15 is 0 Å². The molecule has 1 aliphatic heterocycles. The van der Waals surface area contributed by atoms with Crippen molar-refractivity contribution >= 4 is 23.4 Å². The van der Waals surface area contributed by atoms with Crippen LogP contribution in [0.2, 0.25) is 5.02 Å². The van der Waals surface area contributed by atoms with Crippen LogP contribution >= 0.6 is 11.6 Å². The normalized spacial score (nSPS) is 19.6. The summed E-state index contributed by atoms with van der Waals surface area (Å²) in [5.74, 6) is -0.283. The van der Waals surface area contributed by atoms with E-state index in [4.69, 9.17) is 22.1 Å². The quantitative estimate of drug-likeness (QED) is 0.922. The number of hydrogen-bond acceptors (Lipinski definition) is 3. The van der Waals surface area contributed by atoms with E-state index in [-0.39, 0.29) is 17.7 Å². The third-order valence-corrected chi connectivity index (χ3v) is 4.19. The lowest BCUT2D eigenvalue weighted by Gasteiger charge is -2.33. The number of primary amides is 1. The first-order valence-corrected chi connectivity index (χ1v) is 7.77. The average molecular weight is 325 g/mol. The maximum Gasteiger partial charge on any atom is 0.263 e. The first-order chi connectivity index (χ1) is 10.4. The van der Waals surface area contributed by atoms with Crippen molar-refractivity contribution in [2.75, 3.05) is 13.1 Å². The van der Waals surface area contributed by atoms with Crippen molar-refractivity contribution in [3.05, 3.63) is 28.8 Å². The molecule has 2 rings (SSSR count). The summed E-state index contributed by atoms with van der Waals surface area (Å²) in [6.45, 7) is 4.61. The van der Waals surface area contributed by atoms with E-state index in [2.05, 4.69) is 0 Å². The first kappa shape index (κ1) is 16.6. The lowest BCUT2D eigenvalue weighted by molar-refractivity contribution is -0.141. The fourth-order valence-corrected chi connectivity index (χ4v) is 2.77. The number of nitrogens with two attached hydrogens (primary N) is 1. The number of aryl methyl sites for hydroxylation is 1. The molecule has 1 aromatic rings. The molecule has 1 heterocycles. The molecule has 120 valence electrons. The zero-order chi connectivity index (χ0) is 16.3. The number of hydrogen-bond donors (Lipinski definition) is 1. The molecule has 0 saturated carbocycles. The van der Waals surface area contributed by atoms with Gasteiger partial charge in [-0.1, -0.05) is 17.7 Å². The maximum absolute atomic E-state index is 12.5. The van der Waals surface area contributed by atoms with Gasteiger partial charge >= 0.3 is 0 Å². The van der Waals surface area contributed by atoms with Crippen molar-refractivity contribution in [1.29, 1.82) is 0 Å². The number of ether oxygens (including phenoxy) is 1. The van der Waals surface area contributed by atoms with Gasteiger partial charge in [0.1, 0.15) is 5.75 Å².